The molecule has 0 bridgehead atoms. The van der Waals surface area contributed by atoms with Crippen LogP contribution in [0.5, 0.6) is 0 Å². The molecule has 0 aromatic carbocycles. The van der Waals surface area contributed by atoms with Crippen LogP contribution < -0.4 is 0 Å². The minimum absolute atomic E-state index is 0.350. The molecule has 0 unspecified atom stereocenters. The molecule has 5 nitrogen and oxygen atoms in total. The van der Waals surface area contributed by atoms with Crippen molar-refractivity contribution in [3.05, 3.63) is 12.2 Å². The molecule has 0 aliphatic heterocycles. The van der Waals surface area contributed by atoms with E-state index in [0.29, 0.717) is 25.5 Å². The molecule has 0 atom stereocenters. The first-order valence-electron chi connectivity index (χ1n) is 4.93. The minimum atomic E-state index is -0.875. The lowest BCUT2D eigenvalue weighted by Gasteiger charge is -2.11. The molecule has 16 heavy (non-hydrogen) atoms. The van der Waals surface area contributed by atoms with Crippen LogP contribution in [-0.2, 0) is 23.9 Å². The number of ether oxygens (including phenoxy) is 2. The number of hydrogen-bond acceptors (Lipinski definition) is 5. The molecule has 0 rings (SSSR count). The average Bonchev–Trinajstić information content (AvgIpc) is 2.32. The highest BCUT2D eigenvalue weighted by molar-refractivity contribution is 5.94. The number of carbonyl (C=O) groups excluding carboxylic acids is 3. The Morgan fingerprint density at radius 3 is 2.19 bits per heavy atom. The van der Waals surface area contributed by atoms with Gasteiger partial charge >= 0.3 is 11.9 Å². The van der Waals surface area contributed by atoms with Crippen LogP contribution in [0.4, 0.5) is 0 Å². The van der Waals surface area contributed by atoms with Crippen LogP contribution in [0.2, 0.25) is 0 Å². The van der Waals surface area contributed by atoms with Gasteiger partial charge in [0.25, 0.3) is 0 Å². The highest BCUT2D eigenvalue weighted by atomic mass is 16.5. The summed E-state index contributed by atoms with van der Waals surface area (Å²) in [7, 11) is 2.45. The summed E-state index contributed by atoms with van der Waals surface area (Å²) < 4.78 is 9.00. The second kappa shape index (κ2) is 8.64. The molecule has 5 heteroatoms. The van der Waals surface area contributed by atoms with Gasteiger partial charge in [-0.05, 0) is 25.3 Å². The van der Waals surface area contributed by atoms with E-state index in [4.69, 9.17) is 0 Å². The topological polar surface area (TPSA) is 69.7 Å². The minimum Gasteiger partial charge on any atom is -0.468 e. The molecule has 0 heterocycles. The van der Waals surface area contributed by atoms with Gasteiger partial charge in [0.15, 0.2) is 5.92 Å². The zero-order valence-corrected chi connectivity index (χ0v) is 9.47. The fourth-order valence-corrected chi connectivity index (χ4v) is 1.21. The number of hydrogen-bond donors (Lipinski definition) is 0. The first-order valence-corrected chi connectivity index (χ1v) is 4.93. The van der Waals surface area contributed by atoms with Crippen LogP contribution in [0, 0.1) is 5.92 Å². The Morgan fingerprint density at radius 2 is 1.75 bits per heavy atom. The van der Waals surface area contributed by atoms with Crippen LogP contribution in [0.15, 0.2) is 12.2 Å². The predicted molar refractivity (Wildman–Crippen MR) is 56.6 cm³/mol. The molecule has 0 spiro atoms. The Kier molecular flexibility index (Phi) is 7.75. The molecule has 0 N–H and O–H groups in total. The van der Waals surface area contributed by atoms with E-state index >= 15 is 0 Å². The molecule has 0 aromatic heterocycles. The number of unbranched alkanes of at least 4 members (excludes halogenated alkanes) is 1. The van der Waals surface area contributed by atoms with Gasteiger partial charge in [0.2, 0.25) is 0 Å². The molecule has 0 aliphatic carbocycles. The molecule has 0 saturated carbocycles. The van der Waals surface area contributed by atoms with Crippen molar-refractivity contribution in [2.75, 3.05) is 14.2 Å². The van der Waals surface area contributed by atoms with E-state index in [1.165, 1.54) is 20.3 Å². The van der Waals surface area contributed by atoms with Gasteiger partial charge < -0.3 is 9.47 Å². The maximum atomic E-state index is 11.2. The summed E-state index contributed by atoms with van der Waals surface area (Å²) in [6.45, 7) is 0. The van der Waals surface area contributed by atoms with Gasteiger partial charge in [0.1, 0.15) is 6.29 Å². The lowest BCUT2D eigenvalue weighted by molar-refractivity contribution is -0.159. The lowest BCUT2D eigenvalue weighted by Crippen LogP contribution is -2.26. The van der Waals surface area contributed by atoms with Crippen molar-refractivity contribution in [1.29, 1.82) is 0 Å². The highest BCUT2D eigenvalue weighted by Crippen LogP contribution is 2.12. The number of rotatable bonds is 7. The third kappa shape index (κ3) is 5.29. The summed E-state index contributed by atoms with van der Waals surface area (Å²) in [6, 6.07) is 0. The Labute approximate surface area is 94.4 Å². The number of aldehydes is 1. The van der Waals surface area contributed by atoms with Gasteiger partial charge in [0.05, 0.1) is 14.2 Å². The molecule has 90 valence electrons. The number of carbonyl (C=O) groups is 3. The fourth-order valence-electron chi connectivity index (χ4n) is 1.21. The Hall–Kier alpha value is -1.65. The second-order valence-electron chi connectivity index (χ2n) is 3.09. The first-order chi connectivity index (χ1) is 7.67. The Bertz CT molecular complexity index is 254. The number of methoxy groups -OCH3 is 2. The van der Waals surface area contributed by atoms with Crippen LogP contribution in [0.3, 0.4) is 0 Å². The van der Waals surface area contributed by atoms with E-state index < -0.39 is 17.9 Å². The summed E-state index contributed by atoms with van der Waals surface area (Å²) >= 11 is 0. The van der Waals surface area contributed by atoms with E-state index in [1.54, 1.807) is 6.08 Å². The van der Waals surface area contributed by atoms with Crippen molar-refractivity contribution in [3.63, 3.8) is 0 Å². The standard InChI is InChI=1S/C11H16O5/c1-15-10(13)9(11(14)16-2)7-5-3-4-6-8-12/h4,6,8-9H,3,5,7H2,1-2H3/b6-4+. The van der Waals surface area contributed by atoms with Crippen molar-refractivity contribution < 1.29 is 23.9 Å². The quantitative estimate of drug-likeness (QED) is 0.213. The van der Waals surface area contributed by atoms with E-state index in [0.717, 1.165) is 0 Å². The van der Waals surface area contributed by atoms with Gasteiger partial charge in [-0.1, -0.05) is 6.08 Å². The first kappa shape index (κ1) is 14.3. The summed E-state index contributed by atoms with van der Waals surface area (Å²) in [6.07, 6.45) is 5.33. The third-order valence-corrected chi connectivity index (χ3v) is 2.05. The normalized spacial score (nSPS) is 10.4. The molecular weight excluding hydrogens is 212 g/mol. The van der Waals surface area contributed by atoms with Crippen LogP contribution >= 0.6 is 0 Å². The summed E-state index contributed by atoms with van der Waals surface area (Å²) in [5.74, 6) is -2.06. The van der Waals surface area contributed by atoms with E-state index in [9.17, 15) is 14.4 Å². The summed E-state index contributed by atoms with van der Waals surface area (Å²) in [4.78, 5) is 32.4. The van der Waals surface area contributed by atoms with E-state index in [2.05, 4.69) is 9.47 Å². The Morgan fingerprint density at radius 1 is 1.19 bits per heavy atom. The SMILES string of the molecule is COC(=O)C(CCC/C=C/C=O)C(=O)OC. The summed E-state index contributed by atoms with van der Waals surface area (Å²) in [5, 5.41) is 0. The maximum absolute atomic E-state index is 11.2. The lowest BCUT2D eigenvalue weighted by atomic mass is 10.0. The van der Waals surface area contributed by atoms with Gasteiger partial charge in [-0.2, -0.15) is 0 Å². The summed E-state index contributed by atoms with van der Waals surface area (Å²) in [5.41, 5.74) is 0. The monoisotopic (exact) mass is 228 g/mol. The van der Waals surface area contributed by atoms with Crippen LogP contribution in [0.25, 0.3) is 0 Å². The molecular formula is C11H16O5. The third-order valence-electron chi connectivity index (χ3n) is 2.05. The number of allylic oxidation sites excluding steroid dienone is 2. The van der Waals surface area contributed by atoms with Crippen molar-refractivity contribution in [1.82, 2.24) is 0 Å². The second-order valence-corrected chi connectivity index (χ2v) is 3.09. The van der Waals surface area contributed by atoms with Crippen molar-refractivity contribution >= 4 is 18.2 Å². The molecule has 0 aromatic rings. The number of esters is 2. The fraction of sp³-hybridized carbons (Fsp3) is 0.545. The molecule has 0 saturated heterocycles. The Balaban J connectivity index is 4.12. The van der Waals surface area contributed by atoms with Gasteiger partial charge in [0, 0.05) is 0 Å². The molecule has 0 radical (unpaired) electrons. The van der Waals surface area contributed by atoms with Crippen LogP contribution in [0.1, 0.15) is 19.3 Å². The van der Waals surface area contributed by atoms with Gasteiger partial charge in [-0.15, -0.1) is 0 Å². The zero-order valence-electron chi connectivity index (χ0n) is 9.47. The predicted octanol–water partition coefficient (Wildman–Crippen LogP) is 0.874. The maximum Gasteiger partial charge on any atom is 0.320 e. The van der Waals surface area contributed by atoms with Gasteiger partial charge in [-0.25, -0.2) is 0 Å². The van der Waals surface area contributed by atoms with E-state index in [-0.39, 0.29) is 0 Å². The average molecular weight is 228 g/mol. The zero-order chi connectivity index (χ0) is 12.4. The van der Waals surface area contributed by atoms with E-state index in [1.807, 2.05) is 0 Å². The van der Waals surface area contributed by atoms with Crippen molar-refractivity contribution in [3.8, 4) is 0 Å². The van der Waals surface area contributed by atoms with Crippen molar-refractivity contribution in [2.24, 2.45) is 5.92 Å². The highest BCUT2D eigenvalue weighted by Gasteiger charge is 2.27. The largest absolute Gasteiger partial charge is 0.468 e. The molecule has 0 aliphatic rings. The molecule has 0 fully saturated rings. The van der Waals surface area contributed by atoms with Crippen molar-refractivity contribution in [2.45, 2.75) is 19.3 Å². The smallest absolute Gasteiger partial charge is 0.320 e. The van der Waals surface area contributed by atoms with Gasteiger partial charge in [-0.3, -0.25) is 14.4 Å². The van der Waals surface area contributed by atoms with Crippen LogP contribution in [-0.4, -0.2) is 32.4 Å². The molecule has 0 amide bonds.